The minimum Gasteiger partial charge on any atom is -0.309 e. The van der Waals surface area contributed by atoms with Crippen LogP contribution in [0.2, 0.25) is 0 Å². The van der Waals surface area contributed by atoms with Gasteiger partial charge in [0, 0.05) is 49.6 Å². The van der Waals surface area contributed by atoms with E-state index in [1.54, 1.807) is 88.0 Å². The highest BCUT2D eigenvalue weighted by Crippen LogP contribution is 2.58. The first-order valence-corrected chi connectivity index (χ1v) is 24.8. The summed E-state index contributed by atoms with van der Waals surface area (Å²) in [6.45, 7) is 0. The van der Waals surface area contributed by atoms with Gasteiger partial charge in [0.15, 0.2) is 5.82 Å². The number of aromatic nitrogens is 4. The molecule has 0 fully saturated rings. The molecular formula is C64H38F12N4. The molecule has 0 aliphatic carbocycles. The molecule has 0 aliphatic rings. The van der Waals surface area contributed by atoms with Crippen molar-refractivity contribution in [1.82, 2.24) is 19.1 Å². The van der Waals surface area contributed by atoms with Crippen LogP contribution < -0.4 is 0 Å². The van der Waals surface area contributed by atoms with Crippen LogP contribution in [0.5, 0.6) is 0 Å². The molecule has 0 amide bonds. The van der Waals surface area contributed by atoms with E-state index < -0.39 is 57.8 Å². The molecule has 0 unspecified atom stereocenters. The van der Waals surface area contributed by atoms with E-state index in [1.807, 2.05) is 48.5 Å². The highest BCUT2D eigenvalue weighted by atomic mass is 19.4. The lowest BCUT2D eigenvalue weighted by Crippen LogP contribution is -2.54. The van der Waals surface area contributed by atoms with Crippen LogP contribution in [-0.4, -0.2) is 43.8 Å². The molecule has 12 aromatic rings. The van der Waals surface area contributed by atoms with Crippen LogP contribution in [-0.2, 0) is 10.8 Å². The molecule has 3 aromatic heterocycles. The normalized spacial score (nSPS) is 13.0. The Morgan fingerprint density at radius 1 is 0.263 bits per heavy atom. The monoisotopic (exact) mass is 1090 g/mol. The molecule has 80 heavy (non-hydrogen) atoms. The number of para-hydroxylation sites is 4. The first-order valence-electron chi connectivity index (χ1n) is 24.8. The van der Waals surface area contributed by atoms with Gasteiger partial charge in [0.1, 0.15) is 0 Å². The second-order valence-electron chi connectivity index (χ2n) is 19.3. The Labute approximate surface area is 447 Å². The number of halogens is 12. The van der Waals surface area contributed by atoms with E-state index in [0.717, 1.165) is 70.1 Å². The SMILES string of the molecule is FC(F)(F)C(c1ccc(-c2cc(-c3ccc(C(c4ccc(-n5c6ccccc6c6ccccc65)cc4)(C(F)(F)F)C(F)(F)F)cc3)nc(-c3ccccc3)n2)cc1)(c1ccc(-n2c3ccccc3c3ccccc32)cc1)C(F)(F)F. The zero-order valence-electron chi connectivity index (χ0n) is 41.3. The van der Waals surface area contributed by atoms with Crippen molar-refractivity contribution < 1.29 is 52.7 Å². The quantitative estimate of drug-likeness (QED) is 0.135. The lowest BCUT2D eigenvalue weighted by Gasteiger charge is -2.38. The van der Waals surface area contributed by atoms with Gasteiger partial charge in [0.25, 0.3) is 0 Å². The minimum absolute atomic E-state index is 0.0159. The lowest BCUT2D eigenvalue weighted by atomic mass is 9.72. The molecule has 0 saturated heterocycles. The molecule has 0 bridgehead atoms. The van der Waals surface area contributed by atoms with Crippen LogP contribution >= 0.6 is 0 Å². The number of benzene rings is 9. The molecule has 4 nitrogen and oxygen atoms in total. The fraction of sp³-hybridized carbons (Fsp3) is 0.0938. The molecule has 0 N–H and O–H groups in total. The van der Waals surface area contributed by atoms with Gasteiger partial charge in [-0.3, -0.25) is 0 Å². The number of alkyl halides is 12. The van der Waals surface area contributed by atoms with E-state index in [1.165, 1.54) is 30.3 Å². The molecule has 9 aromatic carbocycles. The number of hydrogen-bond acceptors (Lipinski definition) is 2. The fourth-order valence-electron chi connectivity index (χ4n) is 11.3. The van der Waals surface area contributed by atoms with Gasteiger partial charge in [-0.1, -0.05) is 176 Å². The number of hydrogen-bond donors (Lipinski definition) is 0. The average molecular weight is 1090 g/mol. The van der Waals surface area contributed by atoms with Crippen LogP contribution in [0.3, 0.4) is 0 Å². The van der Waals surface area contributed by atoms with Gasteiger partial charge in [0.05, 0.1) is 33.5 Å². The van der Waals surface area contributed by atoms with Crippen molar-refractivity contribution in [2.45, 2.75) is 35.5 Å². The van der Waals surface area contributed by atoms with E-state index in [-0.39, 0.29) is 28.3 Å². The Bertz CT molecular complexity index is 3880. The van der Waals surface area contributed by atoms with E-state index in [2.05, 4.69) is 9.97 Å². The Morgan fingerprint density at radius 3 is 0.812 bits per heavy atom. The summed E-state index contributed by atoms with van der Waals surface area (Å²) in [6.07, 6.45) is -23.7. The second kappa shape index (κ2) is 18.7. The third-order valence-electron chi connectivity index (χ3n) is 15.0. The molecule has 0 spiro atoms. The molecule has 0 aliphatic heterocycles. The zero-order chi connectivity index (χ0) is 56.0. The van der Waals surface area contributed by atoms with Crippen LogP contribution in [0.15, 0.2) is 231 Å². The zero-order valence-corrected chi connectivity index (χ0v) is 41.3. The van der Waals surface area contributed by atoms with Gasteiger partial charge in [-0.25, -0.2) is 9.97 Å². The summed E-state index contributed by atoms with van der Waals surface area (Å²) < 4.78 is 190. The Balaban J connectivity index is 0.927. The van der Waals surface area contributed by atoms with Crippen LogP contribution in [0, 0.1) is 0 Å². The standard InChI is InChI=1S/C64H38F12N4/c65-61(66,67)59(62(68,69)70,44-30-34-46(35-31-44)79-54-18-8-4-14-48(54)49-15-5-9-19-55(49)79)42-26-22-39(23-27-42)52-38-53(78-58(77-52)41-12-2-1-3-13-41)40-24-28-43(29-25-40)60(63(71,72)73,64(74,75)76)45-32-36-47(37-33-45)80-56-20-10-6-16-50(56)51-17-7-11-21-57(51)80/h1-38H. The Hall–Kier alpha value is -9.18. The fourth-order valence-corrected chi connectivity index (χ4v) is 11.3. The van der Waals surface area contributed by atoms with Crippen molar-refractivity contribution in [1.29, 1.82) is 0 Å². The Morgan fingerprint density at radius 2 is 0.525 bits per heavy atom. The maximum Gasteiger partial charge on any atom is 0.411 e. The van der Waals surface area contributed by atoms with Gasteiger partial charge >= 0.3 is 24.7 Å². The lowest BCUT2D eigenvalue weighted by molar-refractivity contribution is -0.290. The summed E-state index contributed by atoms with van der Waals surface area (Å²) in [6, 6.07) is 53.6. The van der Waals surface area contributed by atoms with Gasteiger partial charge in [-0.15, -0.1) is 0 Å². The molecule has 0 atom stereocenters. The van der Waals surface area contributed by atoms with Crippen molar-refractivity contribution in [2.75, 3.05) is 0 Å². The molecule has 398 valence electrons. The van der Waals surface area contributed by atoms with Gasteiger partial charge in [-0.05, 0) is 76.9 Å². The Kier molecular flexibility index (Phi) is 12.1. The average Bonchev–Trinajstić information content (AvgIpc) is 4.12. The van der Waals surface area contributed by atoms with Crippen molar-refractivity contribution in [3.8, 4) is 45.3 Å². The van der Waals surface area contributed by atoms with Crippen LogP contribution in [0.4, 0.5) is 52.7 Å². The topological polar surface area (TPSA) is 35.6 Å². The van der Waals surface area contributed by atoms with Crippen molar-refractivity contribution in [2.24, 2.45) is 0 Å². The summed E-state index contributed by atoms with van der Waals surface area (Å²) in [5.74, 6) is -0.0159. The van der Waals surface area contributed by atoms with E-state index in [4.69, 9.17) is 0 Å². The summed E-state index contributed by atoms with van der Waals surface area (Å²) in [5, 5.41) is 3.33. The first-order chi connectivity index (χ1) is 38.2. The van der Waals surface area contributed by atoms with Crippen molar-refractivity contribution in [3.63, 3.8) is 0 Å². The maximum atomic E-state index is 15.6. The first kappa shape index (κ1) is 51.6. The molecule has 0 saturated carbocycles. The minimum atomic E-state index is -5.93. The van der Waals surface area contributed by atoms with Gasteiger partial charge in [0.2, 0.25) is 10.8 Å². The van der Waals surface area contributed by atoms with Crippen LogP contribution in [0.1, 0.15) is 22.3 Å². The number of rotatable bonds is 9. The highest BCUT2D eigenvalue weighted by Gasteiger charge is 2.73. The van der Waals surface area contributed by atoms with Gasteiger partial charge < -0.3 is 9.13 Å². The smallest absolute Gasteiger partial charge is 0.309 e. The summed E-state index contributed by atoms with van der Waals surface area (Å²) in [4.78, 5) is 9.17. The highest BCUT2D eigenvalue weighted by molar-refractivity contribution is 6.10. The summed E-state index contributed by atoms with van der Waals surface area (Å²) in [7, 11) is 0. The van der Waals surface area contributed by atoms with Gasteiger partial charge in [-0.2, -0.15) is 52.7 Å². The molecule has 3 heterocycles. The maximum absolute atomic E-state index is 15.6. The third-order valence-corrected chi connectivity index (χ3v) is 15.0. The van der Waals surface area contributed by atoms with Crippen molar-refractivity contribution in [3.05, 3.63) is 253 Å². The van der Waals surface area contributed by atoms with E-state index in [0.29, 0.717) is 63.3 Å². The number of fused-ring (bicyclic) bond motifs is 6. The van der Waals surface area contributed by atoms with Crippen molar-refractivity contribution >= 4 is 43.6 Å². The molecule has 0 radical (unpaired) electrons. The number of nitrogens with zero attached hydrogens (tertiary/aromatic N) is 4. The third kappa shape index (κ3) is 8.01. The summed E-state index contributed by atoms with van der Waals surface area (Å²) >= 11 is 0. The van der Waals surface area contributed by atoms with E-state index >= 15 is 52.7 Å². The molecular weight excluding hydrogens is 1050 g/mol. The van der Waals surface area contributed by atoms with Crippen LogP contribution in [0.25, 0.3) is 88.9 Å². The summed E-state index contributed by atoms with van der Waals surface area (Å²) in [5.41, 5.74) is -9.79. The molecule has 16 heteroatoms. The molecule has 12 rings (SSSR count). The largest absolute Gasteiger partial charge is 0.411 e. The second-order valence-corrected chi connectivity index (χ2v) is 19.3. The predicted octanol–water partition coefficient (Wildman–Crippen LogP) is 18.5. The van der Waals surface area contributed by atoms with E-state index in [9.17, 15) is 0 Å². The predicted molar refractivity (Wildman–Crippen MR) is 286 cm³/mol.